The molecule has 2 aliphatic heterocycles. The summed E-state index contributed by atoms with van der Waals surface area (Å²) in [6, 6.07) is 8.48. The quantitative estimate of drug-likeness (QED) is 0.886. The van der Waals surface area contributed by atoms with Gasteiger partial charge in [0.2, 0.25) is 0 Å². The number of fused-ring (bicyclic) bond motifs is 2. The first-order valence-electron chi connectivity index (χ1n) is 6.88. The van der Waals surface area contributed by atoms with Crippen LogP contribution in [0.4, 0.5) is 10.1 Å². The molecule has 1 aromatic carbocycles. The van der Waals surface area contributed by atoms with Gasteiger partial charge in [0.05, 0.1) is 5.56 Å². The maximum atomic E-state index is 13.4. The summed E-state index contributed by atoms with van der Waals surface area (Å²) < 4.78 is 13.4. The van der Waals surface area contributed by atoms with Gasteiger partial charge in [-0.25, -0.2) is 4.39 Å². The van der Waals surface area contributed by atoms with Crippen molar-refractivity contribution in [3.05, 3.63) is 29.6 Å². The summed E-state index contributed by atoms with van der Waals surface area (Å²) in [5.41, 5.74) is 1.15. The summed E-state index contributed by atoms with van der Waals surface area (Å²) in [6.07, 6.45) is 4.66. The summed E-state index contributed by atoms with van der Waals surface area (Å²) in [7, 11) is 2.02. The highest BCUT2D eigenvalue weighted by Crippen LogP contribution is 2.39. The van der Waals surface area contributed by atoms with Gasteiger partial charge in [0.1, 0.15) is 11.9 Å². The second-order valence-corrected chi connectivity index (χ2v) is 5.53. The van der Waals surface area contributed by atoms with Crippen molar-refractivity contribution in [2.45, 2.75) is 43.8 Å². The predicted molar refractivity (Wildman–Crippen MR) is 72.5 cm³/mol. The van der Waals surface area contributed by atoms with Gasteiger partial charge in [0.25, 0.3) is 0 Å². The molecule has 0 aliphatic carbocycles. The van der Waals surface area contributed by atoms with Gasteiger partial charge in [0.15, 0.2) is 0 Å². The normalized spacial score (nSPS) is 29.3. The van der Waals surface area contributed by atoms with Crippen LogP contribution in [0.1, 0.15) is 31.2 Å². The Labute approximate surface area is 113 Å². The Morgan fingerprint density at radius 1 is 1.32 bits per heavy atom. The molecular weight excluding hydrogens is 241 g/mol. The summed E-state index contributed by atoms with van der Waals surface area (Å²) in [4.78, 5) is 2.40. The zero-order valence-electron chi connectivity index (χ0n) is 11.1. The van der Waals surface area contributed by atoms with Gasteiger partial charge >= 0.3 is 0 Å². The molecule has 4 heteroatoms. The van der Waals surface area contributed by atoms with Crippen molar-refractivity contribution in [2.75, 3.05) is 11.9 Å². The molecule has 2 unspecified atom stereocenters. The lowest BCUT2D eigenvalue weighted by Gasteiger charge is -2.40. The number of nitrogens with zero attached hydrogens (tertiary/aromatic N) is 2. The third-order valence-corrected chi connectivity index (χ3v) is 4.51. The first-order valence-corrected chi connectivity index (χ1v) is 6.88. The molecule has 3 rings (SSSR count). The zero-order chi connectivity index (χ0) is 13.4. The summed E-state index contributed by atoms with van der Waals surface area (Å²) in [5, 5.41) is 12.3. The minimum absolute atomic E-state index is 0.146. The molecule has 2 heterocycles. The van der Waals surface area contributed by atoms with Crippen molar-refractivity contribution in [2.24, 2.45) is 0 Å². The Balaban J connectivity index is 1.90. The number of rotatable bonds is 2. The van der Waals surface area contributed by atoms with Gasteiger partial charge in [-0.15, -0.1) is 0 Å². The SMILES string of the molecule is CNC1CC2CCC(C1)N2c1ccc(F)c(C#N)c1. The molecule has 1 N–H and O–H groups in total. The maximum Gasteiger partial charge on any atom is 0.141 e. The van der Waals surface area contributed by atoms with E-state index in [9.17, 15) is 4.39 Å². The average molecular weight is 259 g/mol. The van der Waals surface area contributed by atoms with Crippen molar-refractivity contribution in [3.63, 3.8) is 0 Å². The third kappa shape index (κ3) is 2.08. The molecule has 0 amide bonds. The highest BCUT2D eigenvalue weighted by molar-refractivity contribution is 5.55. The number of nitriles is 1. The number of hydrogen-bond donors (Lipinski definition) is 1. The average Bonchev–Trinajstić information content (AvgIpc) is 2.70. The van der Waals surface area contributed by atoms with Gasteiger partial charge in [0, 0.05) is 23.8 Å². The van der Waals surface area contributed by atoms with E-state index in [0.29, 0.717) is 18.1 Å². The van der Waals surface area contributed by atoms with Crippen LogP contribution in [0, 0.1) is 17.1 Å². The monoisotopic (exact) mass is 259 g/mol. The van der Waals surface area contributed by atoms with Crippen LogP contribution in [0.3, 0.4) is 0 Å². The van der Waals surface area contributed by atoms with E-state index in [1.54, 1.807) is 12.1 Å². The Morgan fingerprint density at radius 2 is 2.00 bits per heavy atom. The maximum absolute atomic E-state index is 13.4. The lowest BCUT2D eigenvalue weighted by molar-refractivity contribution is 0.373. The van der Waals surface area contributed by atoms with E-state index in [0.717, 1.165) is 18.5 Å². The van der Waals surface area contributed by atoms with E-state index in [1.807, 2.05) is 13.1 Å². The molecule has 2 atom stereocenters. The number of piperidine rings is 1. The molecule has 1 aromatic rings. The smallest absolute Gasteiger partial charge is 0.141 e. The molecule has 2 aliphatic rings. The van der Waals surface area contributed by atoms with E-state index in [2.05, 4.69) is 10.2 Å². The molecule has 0 saturated carbocycles. The zero-order valence-corrected chi connectivity index (χ0v) is 11.1. The molecule has 2 fully saturated rings. The molecule has 3 nitrogen and oxygen atoms in total. The van der Waals surface area contributed by atoms with Crippen molar-refractivity contribution in [1.82, 2.24) is 5.32 Å². The summed E-state index contributed by atoms with van der Waals surface area (Å²) in [5.74, 6) is -0.427. The molecule has 0 aromatic heterocycles. The first kappa shape index (κ1) is 12.4. The number of anilines is 1. The third-order valence-electron chi connectivity index (χ3n) is 4.51. The lowest BCUT2D eigenvalue weighted by atomic mass is 9.96. The van der Waals surface area contributed by atoms with Crippen molar-refractivity contribution < 1.29 is 4.39 Å². The van der Waals surface area contributed by atoms with Crippen LogP contribution in [-0.4, -0.2) is 25.2 Å². The van der Waals surface area contributed by atoms with Crippen LogP contribution in [0.25, 0.3) is 0 Å². The molecule has 0 radical (unpaired) electrons. The van der Waals surface area contributed by atoms with Crippen molar-refractivity contribution in [3.8, 4) is 6.07 Å². The first-order chi connectivity index (χ1) is 9.22. The van der Waals surface area contributed by atoms with E-state index in [1.165, 1.54) is 18.9 Å². The number of hydrogen-bond acceptors (Lipinski definition) is 3. The van der Waals surface area contributed by atoms with E-state index < -0.39 is 5.82 Å². The Morgan fingerprint density at radius 3 is 2.58 bits per heavy atom. The summed E-state index contributed by atoms with van der Waals surface area (Å²) in [6.45, 7) is 0. The molecule has 19 heavy (non-hydrogen) atoms. The van der Waals surface area contributed by atoms with E-state index >= 15 is 0 Å². The molecular formula is C15H18FN3. The number of nitrogens with one attached hydrogen (secondary N) is 1. The van der Waals surface area contributed by atoms with Gasteiger partial charge in [-0.1, -0.05) is 0 Å². The second kappa shape index (κ2) is 4.82. The largest absolute Gasteiger partial charge is 0.365 e. The Kier molecular flexibility index (Phi) is 3.16. The molecule has 0 spiro atoms. The van der Waals surface area contributed by atoms with Gasteiger partial charge in [-0.05, 0) is 50.9 Å². The fraction of sp³-hybridized carbons (Fsp3) is 0.533. The topological polar surface area (TPSA) is 39.1 Å². The van der Waals surface area contributed by atoms with Gasteiger partial charge in [-0.2, -0.15) is 5.26 Å². The van der Waals surface area contributed by atoms with E-state index in [4.69, 9.17) is 5.26 Å². The van der Waals surface area contributed by atoms with Crippen LogP contribution in [0.2, 0.25) is 0 Å². The second-order valence-electron chi connectivity index (χ2n) is 5.53. The predicted octanol–water partition coefficient (Wildman–Crippen LogP) is 2.42. The van der Waals surface area contributed by atoms with Crippen LogP contribution in [-0.2, 0) is 0 Å². The van der Waals surface area contributed by atoms with E-state index in [-0.39, 0.29) is 5.56 Å². The highest BCUT2D eigenvalue weighted by Gasteiger charge is 2.40. The molecule has 2 bridgehead atoms. The molecule has 100 valence electrons. The Bertz CT molecular complexity index is 509. The van der Waals surface area contributed by atoms with Crippen LogP contribution in [0.5, 0.6) is 0 Å². The fourth-order valence-electron chi connectivity index (χ4n) is 3.59. The number of halogens is 1. The summed E-state index contributed by atoms with van der Waals surface area (Å²) >= 11 is 0. The van der Waals surface area contributed by atoms with Gasteiger partial charge < -0.3 is 10.2 Å². The fourth-order valence-corrected chi connectivity index (χ4v) is 3.59. The minimum Gasteiger partial charge on any atom is -0.365 e. The molecule has 2 saturated heterocycles. The van der Waals surface area contributed by atoms with Crippen LogP contribution < -0.4 is 10.2 Å². The van der Waals surface area contributed by atoms with Crippen molar-refractivity contribution in [1.29, 1.82) is 5.26 Å². The standard InChI is InChI=1S/C15H18FN3/c1-18-11-7-13-2-3-14(8-11)19(13)12-4-5-15(16)10(6-12)9-17/h4-6,11,13-14,18H,2-3,7-8H2,1H3. The Hall–Kier alpha value is -1.60. The number of benzene rings is 1. The van der Waals surface area contributed by atoms with Crippen molar-refractivity contribution >= 4 is 5.69 Å². The minimum atomic E-state index is -0.427. The van der Waals surface area contributed by atoms with Crippen LogP contribution >= 0.6 is 0 Å². The lowest BCUT2D eigenvalue weighted by Crippen LogP contribution is -2.48. The highest BCUT2D eigenvalue weighted by atomic mass is 19.1. The van der Waals surface area contributed by atoms with Crippen LogP contribution in [0.15, 0.2) is 18.2 Å². The van der Waals surface area contributed by atoms with Gasteiger partial charge in [-0.3, -0.25) is 0 Å².